The molecule has 0 aliphatic rings. The van der Waals surface area contributed by atoms with Gasteiger partial charge in [-0.2, -0.15) is 5.26 Å². The van der Waals surface area contributed by atoms with Gasteiger partial charge in [-0.1, -0.05) is 42.5 Å². The number of rotatable bonds is 5. The number of hydrogen-bond acceptors (Lipinski definition) is 2. The SMILES string of the molecule is N#CC(=Cc1ccc(OCc2ccccc2F)c(Br)c1)c1ccccc1F. The van der Waals surface area contributed by atoms with Crippen LogP contribution in [-0.4, -0.2) is 0 Å². The standard InChI is InChI=1S/C22H14BrF2NO/c23-19-12-15(11-17(13-26)18-6-2-4-8-21(18)25)9-10-22(19)27-14-16-5-1-3-7-20(16)24/h1-12H,14H2. The molecule has 0 N–H and O–H groups in total. The summed E-state index contributed by atoms with van der Waals surface area (Å²) in [6, 6.07) is 19.8. The number of benzene rings is 3. The van der Waals surface area contributed by atoms with E-state index in [1.165, 1.54) is 12.1 Å². The molecule has 0 aliphatic heterocycles. The molecule has 0 amide bonds. The molecule has 134 valence electrons. The molecule has 0 unspecified atom stereocenters. The number of allylic oxidation sites excluding steroid dienone is 1. The normalized spacial score (nSPS) is 11.1. The van der Waals surface area contributed by atoms with E-state index < -0.39 is 5.82 Å². The van der Waals surface area contributed by atoms with Crippen molar-refractivity contribution in [3.8, 4) is 11.8 Å². The second-order valence-electron chi connectivity index (χ2n) is 5.72. The average molecular weight is 426 g/mol. The van der Waals surface area contributed by atoms with Gasteiger partial charge in [0.25, 0.3) is 0 Å². The zero-order chi connectivity index (χ0) is 19.2. The maximum Gasteiger partial charge on any atom is 0.134 e. The van der Waals surface area contributed by atoms with Gasteiger partial charge >= 0.3 is 0 Å². The van der Waals surface area contributed by atoms with Crippen LogP contribution in [-0.2, 0) is 6.61 Å². The molecule has 3 rings (SSSR count). The smallest absolute Gasteiger partial charge is 0.134 e. The molecule has 5 heteroatoms. The Morgan fingerprint density at radius 2 is 1.70 bits per heavy atom. The highest BCUT2D eigenvalue weighted by Crippen LogP contribution is 2.29. The molecular formula is C22H14BrF2NO. The monoisotopic (exact) mass is 425 g/mol. The quantitative estimate of drug-likeness (QED) is 0.351. The lowest BCUT2D eigenvalue weighted by Gasteiger charge is -2.10. The Hall–Kier alpha value is -2.97. The van der Waals surface area contributed by atoms with E-state index >= 15 is 0 Å². The second-order valence-corrected chi connectivity index (χ2v) is 6.57. The molecule has 27 heavy (non-hydrogen) atoms. The first-order valence-electron chi connectivity index (χ1n) is 8.11. The van der Waals surface area contributed by atoms with Crippen molar-refractivity contribution in [3.63, 3.8) is 0 Å². The third-order valence-electron chi connectivity index (χ3n) is 3.89. The van der Waals surface area contributed by atoms with Gasteiger partial charge in [-0.3, -0.25) is 0 Å². The summed E-state index contributed by atoms with van der Waals surface area (Å²) in [5.74, 6) is -0.231. The molecule has 0 radical (unpaired) electrons. The van der Waals surface area contributed by atoms with E-state index in [0.29, 0.717) is 21.3 Å². The van der Waals surface area contributed by atoms with E-state index in [4.69, 9.17) is 4.74 Å². The Balaban J connectivity index is 1.81. The lowest BCUT2D eigenvalue weighted by atomic mass is 10.0. The molecular weight excluding hydrogens is 412 g/mol. The minimum atomic E-state index is -0.450. The number of nitriles is 1. The van der Waals surface area contributed by atoms with Gasteiger partial charge in [0.1, 0.15) is 24.0 Å². The summed E-state index contributed by atoms with van der Waals surface area (Å²) in [5.41, 5.74) is 1.63. The maximum atomic E-state index is 13.9. The first-order valence-corrected chi connectivity index (χ1v) is 8.90. The van der Waals surface area contributed by atoms with E-state index in [0.717, 1.165) is 0 Å². The van der Waals surface area contributed by atoms with Crippen LogP contribution in [0.1, 0.15) is 16.7 Å². The zero-order valence-electron chi connectivity index (χ0n) is 14.1. The summed E-state index contributed by atoms with van der Waals surface area (Å²) >= 11 is 3.42. The lowest BCUT2D eigenvalue weighted by molar-refractivity contribution is 0.298. The van der Waals surface area contributed by atoms with E-state index in [9.17, 15) is 14.0 Å². The van der Waals surface area contributed by atoms with Crippen molar-refractivity contribution in [1.82, 2.24) is 0 Å². The van der Waals surface area contributed by atoms with Crippen LogP contribution in [0.25, 0.3) is 11.6 Å². The van der Waals surface area contributed by atoms with Gasteiger partial charge in [-0.15, -0.1) is 0 Å². The minimum Gasteiger partial charge on any atom is -0.488 e. The van der Waals surface area contributed by atoms with Crippen LogP contribution in [0.4, 0.5) is 8.78 Å². The largest absolute Gasteiger partial charge is 0.488 e. The first-order chi connectivity index (χ1) is 13.1. The van der Waals surface area contributed by atoms with E-state index in [-0.39, 0.29) is 23.6 Å². The Bertz CT molecular complexity index is 1040. The van der Waals surface area contributed by atoms with Crippen LogP contribution >= 0.6 is 15.9 Å². The summed E-state index contributed by atoms with van der Waals surface area (Å²) in [4.78, 5) is 0. The van der Waals surface area contributed by atoms with Gasteiger partial charge in [0.2, 0.25) is 0 Å². The van der Waals surface area contributed by atoms with Gasteiger partial charge in [0.05, 0.1) is 16.1 Å². The van der Waals surface area contributed by atoms with Crippen molar-refractivity contribution in [3.05, 3.63) is 99.5 Å². The third-order valence-corrected chi connectivity index (χ3v) is 4.51. The molecule has 3 aromatic carbocycles. The van der Waals surface area contributed by atoms with Crippen LogP contribution < -0.4 is 4.74 Å². The molecule has 0 aliphatic carbocycles. The van der Waals surface area contributed by atoms with E-state index in [2.05, 4.69) is 15.9 Å². The topological polar surface area (TPSA) is 33.0 Å². The Kier molecular flexibility index (Phi) is 6.00. The number of ether oxygens (including phenoxy) is 1. The van der Waals surface area contributed by atoms with Gasteiger partial charge < -0.3 is 4.74 Å². The Morgan fingerprint density at radius 1 is 1.00 bits per heavy atom. The average Bonchev–Trinajstić information content (AvgIpc) is 2.67. The van der Waals surface area contributed by atoms with Crippen LogP contribution in [0.5, 0.6) is 5.75 Å². The van der Waals surface area contributed by atoms with Crippen molar-refractivity contribution in [1.29, 1.82) is 5.26 Å². The van der Waals surface area contributed by atoms with E-state index in [1.807, 2.05) is 6.07 Å². The summed E-state index contributed by atoms with van der Waals surface area (Å²) in [6.07, 6.45) is 1.60. The third kappa shape index (κ3) is 4.60. The summed E-state index contributed by atoms with van der Waals surface area (Å²) in [6.45, 7) is 0.0964. The molecule has 0 spiro atoms. The highest BCUT2D eigenvalue weighted by molar-refractivity contribution is 9.10. The number of nitrogens with zero attached hydrogens (tertiary/aromatic N) is 1. The van der Waals surface area contributed by atoms with Crippen LogP contribution in [0.3, 0.4) is 0 Å². The molecule has 0 saturated heterocycles. The highest BCUT2D eigenvalue weighted by atomic mass is 79.9. The molecule has 0 atom stereocenters. The van der Waals surface area contributed by atoms with Gasteiger partial charge in [0.15, 0.2) is 0 Å². The molecule has 0 aromatic heterocycles. The summed E-state index contributed by atoms with van der Waals surface area (Å²) in [5, 5.41) is 9.37. The summed E-state index contributed by atoms with van der Waals surface area (Å²) < 4.78 is 33.9. The molecule has 0 bridgehead atoms. The van der Waals surface area contributed by atoms with Gasteiger partial charge in [0, 0.05) is 11.1 Å². The Morgan fingerprint density at radius 3 is 2.37 bits per heavy atom. The van der Waals surface area contributed by atoms with Gasteiger partial charge in [-0.05, 0) is 51.8 Å². The van der Waals surface area contributed by atoms with Crippen LogP contribution in [0.2, 0.25) is 0 Å². The maximum absolute atomic E-state index is 13.9. The number of halogens is 3. The predicted molar refractivity (Wildman–Crippen MR) is 105 cm³/mol. The van der Waals surface area contributed by atoms with Crippen molar-refractivity contribution >= 4 is 27.6 Å². The fourth-order valence-electron chi connectivity index (χ4n) is 2.51. The second kappa shape index (κ2) is 8.61. The molecule has 2 nitrogen and oxygen atoms in total. The molecule has 0 saturated carbocycles. The Labute approximate surface area is 164 Å². The van der Waals surface area contributed by atoms with Gasteiger partial charge in [-0.25, -0.2) is 8.78 Å². The van der Waals surface area contributed by atoms with Crippen LogP contribution in [0, 0.1) is 23.0 Å². The highest BCUT2D eigenvalue weighted by Gasteiger charge is 2.09. The zero-order valence-corrected chi connectivity index (χ0v) is 15.7. The summed E-state index contributed by atoms with van der Waals surface area (Å²) in [7, 11) is 0. The first kappa shape index (κ1) is 18.8. The lowest BCUT2D eigenvalue weighted by Crippen LogP contribution is -1.98. The fourth-order valence-corrected chi connectivity index (χ4v) is 3.02. The van der Waals surface area contributed by atoms with Crippen molar-refractivity contribution in [2.45, 2.75) is 6.61 Å². The molecule has 0 heterocycles. The van der Waals surface area contributed by atoms with Crippen molar-refractivity contribution in [2.24, 2.45) is 0 Å². The number of hydrogen-bond donors (Lipinski definition) is 0. The predicted octanol–water partition coefficient (Wildman–Crippen LogP) is 6.37. The van der Waals surface area contributed by atoms with E-state index in [1.54, 1.807) is 60.7 Å². The fraction of sp³-hybridized carbons (Fsp3) is 0.0455. The van der Waals surface area contributed by atoms with Crippen molar-refractivity contribution < 1.29 is 13.5 Å². The van der Waals surface area contributed by atoms with Crippen molar-refractivity contribution in [2.75, 3.05) is 0 Å². The minimum absolute atomic E-state index is 0.0964. The van der Waals surface area contributed by atoms with Crippen LogP contribution in [0.15, 0.2) is 71.2 Å². The molecule has 3 aromatic rings. The molecule has 0 fully saturated rings.